The number of thiophene rings is 1. The highest BCUT2D eigenvalue weighted by atomic mass is 32.1. The zero-order chi connectivity index (χ0) is 18.4. The number of anilines is 1. The number of carbonyl (C=O) groups excluding carboxylic acids is 2. The lowest BCUT2D eigenvalue weighted by molar-refractivity contribution is 0.0996. The first-order chi connectivity index (χ1) is 12.6. The Labute approximate surface area is 155 Å². The molecule has 0 aliphatic carbocycles. The van der Waals surface area contributed by atoms with Crippen LogP contribution in [-0.2, 0) is 13.1 Å². The monoisotopic (exact) mass is 369 g/mol. The van der Waals surface area contributed by atoms with Crippen LogP contribution in [-0.4, -0.2) is 11.9 Å². The Hall–Kier alpha value is -3.06. The van der Waals surface area contributed by atoms with Crippen molar-refractivity contribution in [1.29, 1.82) is 0 Å². The van der Waals surface area contributed by atoms with E-state index in [1.807, 2.05) is 37.3 Å². The predicted molar refractivity (Wildman–Crippen MR) is 101 cm³/mol. The average molecular weight is 369 g/mol. The van der Waals surface area contributed by atoms with Gasteiger partial charge >= 0.3 is 6.03 Å². The molecule has 7 heteroatoms. The van der Waals surface area contributed by atoms with Gasteiger partial charge in [0.05, 0.1) is 12.8 Å². The van der Waals surface area contributed by atoms with Crippen LogP contribution in [0.2, 0.25) is 0 Å². The van der Waals surface area contributed by atoms with Crippen molar-refractivity contribution in [3.63, 3.8) is 0 Å². The molecule has 0 unspecified atom stereocenters. The van der Waals surface area contributed by atoms with Gasteiger partial charge in [-0.25, -0.2) is 4.79 Å². The Morgan fingerprint density at radius 1 is 1.04 bits per heavy atom. The van der Waals surface area contributed by atoms with Crippen LogP contribution in [0.25, 0.3) is 0 Å². The third-order valence-corrected chi connectivity index (χ3v) is 4.60. The highest BCUT2D eigenvalue weighted by Crippen LogP contribution is 2.15. The summed E-state index contributed by atoms with van der Waals surface area (Å²) >= 11 is 1.66. The Balaban J connectivity index is 1.48. The molecule has 1 aromatic carbocycles. The number of hydrogen-bond donors (Lipinski definition) is 3. The summed E-state index contributed by atoms with van der Waals surface area (Å²) in [6.45, 7) is 2.90. The van der Waals surface area contributed by atoms with Crippen LogP contribution in [0, 0.1) is 6.92 Å². The van der Waals surface area contributed by atoms with Gasteiger partial charge in [-0.15, -0.1) is 11.3 Å². The van der Waals surface area contributed by atoms with Crippen molar-refractivity contribution < 1.29 is 14.0 Å². The Morgan fingerprint density at radius 2 is 1.88 bits per heavy atom. The van der Waals surface area contributed by atoms with Gasteiger partial charge < -0.3 is 20.4 Å². The summed E-state index contributed by atoms with van der Waals surface area (Å²) in [5, 5.41) is 8.40. The average Bonchev–Trinajstić information content (AvgIpc) is 3.30. The van der Waals surface area contributed by atoms with E-state index in [-0.39, 0.29) is 17.7 Å². The fourth-order valence-corrected chi connectivity index (χ4v) is 3.18. The molecule has 3 N–H and O–H groups in total. The third kappa shape index (κ3) is 4.97. The maximum atomic E-state index is 12.0. The van der Waals surface area contributed by atoms with Crippen molar-refractivity contribution in [3.05, 3.63) is 75.9 Å². The minimum atomic E-state index is -0.316. The van der Waals surface area contributed by atoms with E-state index in [2.05, 4.69) is 16.0 Å². The van der Waals surface area contributed by atoms with Crippen molar-refractivity contribution in [3.8, 4) is 0 Å². The number of amides is 3. The van der Waals surface area contributed by atoms with Crippen LogP contribution in [0.1, 0.15) is 25.9 Å². The number of hydrogen-bond acceptors (Lipinski definition) is 4. The first-order valence-electron chi connectivity index (χ1n) is 8.11. The zero-order valence-electron chi connectivity index (χ0n) is 14.2. The van der Waals surface area contributed by atoms with Gasteiger partial charge in [-0.1, -0.05) is 12.1 Å². The van der Waals surface area contributed by atoms with E-state index in [0.717, 1.165) is 10.4 Å². The van der Waals surface area contributed by atoms with Crippen LogP contribution in [0.3, 0.4) is 0 Å². The maximum absolute atomic E-state index is 12.0. The van der Waals surface area contributed by atoms with Gasteiger partial charge in [0.2, 0.25) is 0 Å². The van der Waals surface area contributed by atoms with Crippen molar-refractivity contribution in [1.82, 2.24) is 10.6 Å². The molecular weight excluding hydrogens is 350 g/mol. The molecule has 0 aliphatic rings. The molecule has 6 nitrogen and oxygen atoms in total. The smallest absolute Gasteiger partial charge is 0.315 e. The summed E-state index contributed by atoms with van der Waals surface area (Å²) in [4.78, 5) is 26.2. The molecule has 3 rings (SSSR count). The summed E-state index contributed by atoms with van der Waals surface area (Å²) in [6.07, 6.45) is 1.45. The van der Waals surface area contributed by atoms with E-state index in [4.69, 9.17) is 4.42 Å². The van der Waals surface area contributed by atoms with Gasteiger partial charge in [0.1, 0.15) is 0 Å². The summed E-state index contributed by atoms with van der Waals surface area (Å²) in [6, 6.07) is 14.3. The fraction of sp³-hybridized carbons (Fsp3) is 0.158. The molecule has 3 aromatic rings. The molecule has 0 fully saturated rings. The molecule has 134 valence electrons. The van der Waals surface area contributed by atoms with Crippen LogP contribution in [0.4, 0.5) is 10.5 Å². The molecule has 0 atom stereocenters. The topological polar surface area (TPSA) is 83.4 Å². The summed E-state index contributed by atoms with van der Waals surface area (Å²) in [5.74, 6) is -0.0687. The molecular formula is C19H19N3O3S. The van der Waals surface area contributed by atoms with Gasteiger partial charge in [0, 0.05) is 22.0 Å². The Morgan fingerprint density at radius 3 is 2.62 bits per heavy atom. The second-order valence-electron chi connectivity index (χ2n) is 5.68. The molecule has 0 saturated heterocycles. The molecule has 3 amide bonds. The van der Waals surface area contributed by atoms with E-state index in [0.29, 0.717) is 18.8 Å². The molecule has 26 heavy (non-hydrogen) atoms. The fourth-order valence-electron chi connectivity index (χ4n) is 2.35. The largest absolute Gasteiger partial charge is 0.459 e. The quantitative estimate of drug-likeness (QED) is 0.616. The van der Waals surface area contributed by atoms with Crippen LogP contribution < -0.4 is 16.0 Å². The second-order valence-corrected chi connectivity index (χ2v) is 7.05. The van der Waals surface area contributed by atoms with Crippen molar-refractivity contribution in [2.75, 3.05) is 5.32 Å². The maximum Gasteiger partial charge on any atom is 0.315 e. The Bertz CT molecular complexity index is 887. The third-order valence-electron chi connectivity index (χ3n) is 3.60. The SMILES string of the molecule is Cc1ccc(CNC(=O)NCc2cccc(NC(=O)c3ccco3)c2)s1. The molecule has 2 aromatic heterocycles. The molecule has 0 bridgehead atoms. The Kier molecular flexibility index (Phi) is 5.70. The number of rotatable bonds is 6. The van der Waals surface area contributed by atoms with E-state index < -0.39 is 0 Å². The molecule has 2 heterocycles. The lowest BCUT2D eigenvalue weighted by atomic mass is 10.2. The number of urea groups is 1. The zero-order valence-corrected chi connectivity index (χ0v) is 15.1. The lowest BCUT2D eigenvalue weighted by Crippen LogP contribution is -2.34. The highest BCUT2D eigenvalue weighted by Gasteiger charge is 2.09. The van der Waals surface area contributed by atoms with Crippen molar-refractivity contribution in [2.24, 2.45) is 0 Å². The number of aryl methyl sites for hydroxylation is 1. The van der Waals surface area contributed by atoms with Crippen LogP contribution >= 0.6 is 11.3 Å². The van der Waals surface area contributed by atoms with E-state index in [1.165, 1.54) is 11.1 Å². The van der Waals surface area contributed by atoms with E-state index in [9.17, 15) is 9.59 Å². The standard InChI is InChI=1S/C19H19N3O3S/c1-13-7-8-16(26-13)12-21-19(24)20-11-14-4-2-5-15(10-14)22-18(23)17-6-3-9-25-17/h2-10H,11-12H2,1H3,(H,22,23)(H2,20,21,24). The molecule has 0 radical (unpaired) electrons. The van der Waals surface area contributed by atoms with Gasteiger partial charge in [-0.05, 0) is 48.9 Å². The highest BCUT2D eigenvalue weighted by molar-refractivity contribution is 7.11. The van der Waals surface area contributed by atoms with E-state index in [1.54, 1.807) is 29.5 Å². The minimum absolute atomic E-state index is 0.235. The normalized spacial score (nSPS) is 10.3. The number of nitrogens with one attached hydrogen (secondary N) is 3. The summed E-state index contributed by atoms with van der Waals surface area (Å²) in [7, 11) is 0. The molecule has 0 spiro atoms. The van der Waals surface area contributed by atoms with Gasteiger partial charge in [-0.3, -0.25) is 4.79 Å². The van der Waals surface area contributed by atoms with Gasteiger partial charge in [0.25, 0.3) is 5.91 Å². The number of carbonyl (C=O) groups is 2. The first-order valence-corrected chi connectivity index (χ1v) is 8.92. The van der Waals surface area contributed by atoms with Crippen LogP contribution in [0.5, 0.6) is 0 Å². The number of benzene rings is 1. The van der Waals surface area contributed by atoms with Crippen LogP contribution in [0.15, 0.2) is 59.2 Å². The molecule has 0 aliphatic heterocycles. The minimum Gasteiger partial charge on any atom is -0.459 e. The van der Waals surface area contributed by atoms with Crippen molar-refractivity contribution >= 4 is 29.0 Å². The number of furan rings is 1. The summed E-state index contributed by atoms with van der Waals surface area (Å²) < 4.78 is 5.07. The molecule has 0 saturated carbocycles. The van der Waals surface area contributed by atoms with Gasteiger partial charge in [0.15, 0.2) is 5.76 Å². The van der Waals surface area contributed by atoms with Crippen molar-refractivity contribution in [2.45, 2.75) is 20.0 Å². The first kappa shape index (κ1) is 17.8. The van der Waals surface area contributed by atoms with Gasteiger partial charge in [-0.2, -0.15) is 0 Å². The lowest BCUT2D eigenvalue weighted by Gasteiger charge is -2.09. The second kappa shape index (κ2) is 8.35. The summed E-state index contributed by atoms with van der Waals surface area (Å²) in [5.41, 5.74) is 1.52. The van der Waals surface area contributed by atoms with E-state index >= 15 is 0 Å². The predicted octanol–water partition coefficient (Wildman–Crippen LogP) is 3.90.